The molecule has 3 fully saturated rings. The molecule has 0 bridgehead atoms. The topological polar surface area (TPSA) is 78.0 Å². The first-order chi connectivity index (χ1) is 15.6. The minimum Gasteiger partial charge on any atom is -0.369 e. The number of nitrogens with zero attached hydrogens (tertiary/aromatic N) is 3. The molecular weight excluding hydrogens is 438 g/mol. The van der Waals surface area contributed by atoms with Crippen LogP contribution in [-0.2, 0) is 26.0 Å². The van der Waals surface area contributed by atoms with Crippen molar-refractivity contribution in [3.05, 3.63) is 60.2 Å². The van der Waals surface area contributed by atoms with E-state index in [0.29, 0.717) is 38.4 Å². The Morgan fingerprint density at radius 1 is 0.788 bits per heavy atom. The lowest BCUT2D eigenvalue weighted by atomic mass is 9.70. The van der Waals surface area contributed by atoms with Crippen LogP contribution in [0.2, 0.25) is 0 Å². The van der Waals surface area contributed by atoms with Gasteiger partial charge in [0.15, 0.2) is 9.84 Å². The van der Waals surface area contributed by atoms with E-state index in [-0.39, 0.29) is 23.3 Å². The van der Waals surface area contributed by atoms with E-state index in [1.807, 2.05) is 49.1 Å². The van der Waals surface area contributed by atoms with Crippen molar-refractivity contribution in [1.29, 1.82) is 0 Å². The lowest BCUT2D eigenvalue weighted by molar-refractivity contribution is -0.128. The number of hydrogen-bond donors (Lipinski definition) is 0. The highest BCUT2D eigenvalue weighted by atomic mass is 32.2. The largest absolute Gasteiger partial charge is 0.369 e. The molecule has 0 spiro atoms. The number of imide groups is 1. The summed E-state index contributed by atoms with van der Waals surface area (Å²) in [4.78, 5) is 32.7. The van der Waals surface area contributed by atoms with Gasteiger partial charge in [0, 0.05) is 38.4 Å². The summed E-state index contributed by atoms with van der Waals surface area (Å²) in [5.41, 5.74) is 1.09. The Bertz CT molecular complexity index is 1150. The maximum absolute atomic E-state index is 13.6. The first-order valence-electron chi connectivity index (χ1n) is 11.3. The average molecular weight is 468 g/mol. The third kappa shape index (κ3) is 3.56. The van der Waals surface area contributed by atoms with Crippen molar-refractivity contribution in [2.24, 2.45) is 10.8 Å². The molecular formula is C25H29N3O4S. The molecule has 2 amide bonds. The fourth-order valence-corrected chi connectivity index (χ4v) is 6.66. The Labute approximate surface area is 194 Å². The highest BCUT2D eigenvalue weighted by Crippen LogP contribution is 2.54. The molecule has 3 aliphatic rings. The van der Waals surface area contributed by atoms with Gasteiger partial charge in [-0.3, -0.25) is 14.5 Å². The second-order valence-electron chi connectivity index (χ2n) is 9.90. The van der Waals surface area contributed by atoms with E-state index in [0.717, 1.165) is 5.69 Å². The zero-order valence-electron chi connectivity index (χ0n) is 19.0. The monoisotopic (exact) mass is 467 g/mol. The Morgan fingerprint density at radius 2 is 1.30 bits per heavy atom. The van der Waals surface area contributed by atoms with Crippen LogP contribution in [0.15, 0.2) is 54.6 Å². The first-order valence-corrected chi connectivity index (χ1v) is 13.2. The summed E-state index contributed by atoms with van der Waals surface area (Å²) in [6.07, 6.45) is 0. The molecule has 0 radical (unpaired) electrons. The zero-order chi connectivity index (χ0) is 23.4. The molecule has 0 aromatic heterocycles. The van der Waals surface area contributed by atoms with Crippen LogP contribution >= 0.6 is 0 Å². The van der Waals surface area contributed by atoms with Gasteiger partial charge in [-0.05, 0) is 43.7 Å². The quantitative estimate of drug-likeness (QED) is 0.643. The van der Waals surface area contributed by atoms with Crippen LogP contribution in [0.5, 0.6) is 0 Å². The van der Waals surface area contributed by atoms with Crippen LogP contribution in [-0.4, -0.2) is 62.8 Å². The number of amides is 2. The summed E-state index contributed by atoms with van der Waals surface area (Å²) >= 11 is 0. The molecule has 0 N–H and O–H groups in total. The van der Waals surface area contributed by atoms with Crippen LogP contribution < -0.4 is 9.80 Å². The van der Waals surface area contributed by atoms with Crippen molar-refractivity contribution >= 4 is 33.0 Å². The van der Waals surface area contributed by atoms with Gasteiger partial charge in [0.05, 0.1) is 28.0 Å². The van der Waals surface area contributed by atoms with E-state index in [1.54, 1.807) is 12.1 Å². The van der Waals surface area contributed by atoms with E-state index in [9.17, 15) is 18.0 Å². The van der Waals surface area contributed by atoms with E-state index in [1.165, 1.54) is 10.5 Å². The molecule has 0 saturated carbocycles. The molecule has 174 valence electrons. The number of sulfone groups is 1. The van der Waals surface area contributed by atoms with E-state index < -0.39 is 20.7 Å². The lowest BCUT2D eigenvalue weighted by Gasteiger charge is -2.29. The maximum Gasteiger partial charge on any atom is 0.242 e. The second-order valence-corrected chi connectivity index (χ2v) is 12.2. The highest BCUT2D eigenvalue weighted by molar-refractivity contribution is 7.91. The van der Waals surface area contributed by atoms with Gasteiger partial charge < -0.3 is 4.90 Å². The average Bonchev–Trinajstić information content (AvgIpc) is 3.13. The number of fused-ring (bicyclic) bond motifs is 1. The molecule has 8 heteroatoms. The van der Waals surface area contributed by atoms with Gasteiger partial charge in [-0.1, -0.05) is 30.3 Å². The van der Waals surface area contributed by atoms with E-state index in [4.69, 9.17) is 0 Å². The Hall–Kier alpha value is -2.71. The van der Waals surface area contributed by atoms with Crippen LogP contribution in [0.3, 0.4) is 0 Å². The minimum atomic E-state index is -2.95. The molecule has 3 aliphatic heterocycles. The Kier molecular flexibility index (Phi) is 5.14. The molecule has 33 heavy (non-hydrogen) atoms. The Balaban J connectivity index is 1.34. The molecule has 3 saturated heterocycles. The van der Waals surface area contributed by atoms with Gasteiger partial charge in [0.2, 0.25) is 11.8 Å². The number of benzene rings is 2. The van der Waals surface area contributed by atoms with Gasteiger partial charge in [0.25, 0.3) is 0 Å². The predicted octanol–water partition coefficient (Wildman–Crippen LogP) is 2.32. The molecule has 0 aliphatic carbocycles. The van der Waals surface area contributed by atoms with Gasteiger partial charge in [-0.25, -0.2) is 13.3 Å². The van der Waals surface area contributed by atoms with E-state index >= 15 is 0 Å². The number of anilines is 2. The summed E-state index contributed by atoms with van der Waals surface area (Å²) in [6, 6.07) is 17.4. The van der Waals surface area contributed by atoms with Gasteiger partial charge in [0.1, 0.15) is 0 Å². The number of carbonyl (C=O) groups excluding carboxylic acids is 2. The number of carbonyl (C=O) groups is 2. The lowest BCUT2D eigenvalue weighted by Crippen LogP contribution is -2.40. The van der Waals surface area contributed by atoms with Crippen molar-refractivity contribution in [1.82, 2.24) is 4.90 Å². The third-order valence-corrected chi connectivity index (χ3v) is 9.32. The number of likely N-dealkylation sites (tertiary alicyclic amines) is 1. The van der Waals surface area contributed by atoms with Crippen molar-refractivity contribution < 1.29 is 18.0 Å². The molecule has 7 nitrogen and oxygen atoms in total. The van der Waals surface area contributed by atoms with Gasteiger partial charge >= 0.3 is 0 Å². The Morgan fingerprint density at radius 3 is 1.85 bits per heavy atom. The second kappa shape index (κ2) is 7.67. The summed E-state index contributed by atoms with van der Waals surface area (Å²) in [5.74, 6) is -0.00742. The molecule has 0 unspecified atom stereocenters. The minimum absolute atomic E-state index is 0.147. The number of rotatable bonds is 4. The van der Waals surface area contributed by atoms with Crippen LogP contribution in [0, 0.1) is 10.8 Å². The zero-order valence-corrected chi connectivity index (χ0v) is 19.8. The maximum atomic E-state index is 13.6. The van der Waals surface area contributed by atoms with Crippen molar-refractivity contribution in [2.45, 2.75) is 20.4 Å². The molecule has 2 atom stereocenters. The fourth-order valence-electron chi connectivity index (χ4n) is 5.46. The fraction of sp³-hybridized carbons (Fsp3) is 0.440. The van der Waals surface area contributed by atoms with E-state index in [2.05, 4.69) is 17.0 Å². The highest BCUT2D eigenvalue weighted by Gasteiger charge is 2.68. The summed E-state index contributed by atoms with van der Waals surface area (Å²) in [6.45, 7) is 6.54. The SMILES string of the molecule is C[C@@]12CN(Cc3ccccc3)C[C@]1(C)C(=O)N(c1ccc(N3CCS(=O)(=O)CC3)cc1)C2=O. The van der Waals surface area contributed by atoms with Crippen LogP contribution in [0.25, 0.3) is 0 Å². The number of hydrogen-bond acceptors (Lipinski definition) is 6. The predicted molar refractivity (Wildman–Crippen MR) is 128 cm³/mol. The van der Waals surface area contributed by atoms with Crippen LogP contribution in [0.4, 0.5) is 11.4 Å². The molecule has 3 heterocycles. The standard InChI is InChI=1S/C25H29N3O4S/c1-24-17-26(16-19-6-4-3-5-7-19)18-25(24,2)23(30)28(22(24)29)21-10-8-20(9-11-21)27-12-14-33(31,32)15-13-27/h3-11H,12-18H2,1-2H3/t24-,25+. The van der Waals surface area contributed by atoms with Crippen molar-refractivity contribution in [3.8, 4) is 0 Å². The summed E-state index contributed by atoms with van der Waals surface area (Å²) in [7, 11) is -2.95. The van der Waals surface area contributed by atoms with Gasteiger partial charge in [-0.15, -0.1) is 0 Å². The molecule has 2 aromatic carbocycles. The van der Waals surface area contributed by atoms with Crippen LogP contribution in [0.1, 0.15) is 19.4 Å². The smallest absolute Gasteiger partial charge is 0.242 e. The van der Waals surface area contributed by atoms with Crippen molar-refractivity contribution in [2.75, 3.05) is 47.5 Å². The molecule has 2 aromatic rings. The first kappa shape index (κ1) is 22.1. The molecule has 5 rings (SSSR count). The summed E-state index contributed by atoms with van der Waals surface area (Å²) < 4.78 is 23.4. The summed E-state index contributed by atoms with van der Waals surface area (Å²) in [5, 5.41) is 0. The van der Waals surface area contributed by atoms with Crippen molar-refractivity contribution in [3.63, 3.8) is 0 Å². The van der Waals surface area contributed by atoms with Gasteiger partial charge in [-0.2, -0.15) is 0 Å². The normalized spacial score (nSPS) is 29.5. The third-order valence-electron chi connectivity index (χ3n) is 7.71.